The first kappa shape index (κ1) is 16.8. The van der Waals surface area contributed by atoms with Gasteiger partial charge in [0.05, 0.1) is 11.4 Å². The van der Waals surface area contributed by atoms with Crippen LogP contribution in [0.25, 0.3) is 0 Å². The molecule has 2 rings (SSSR count). The van der Waals surface area contributed by atoms with Crippen molar-refractivity contribution in [1.29, 1.82) is 0 Å². The third kappa shape index (κ3) is 3.28. The first-order valence-corrected chi connectivity index (χ1v) is 9.76. The second-order valence-corrected chi connectivity index (χ2v) is 8.65. The second kappa shape index (κ2) is 6.68. The third-order valence-electron chi connectivity index (χ3n) is 3.90. The van der Waals surface area contributed by atoms with Crippen molar-refractivity contribution >= 4 is 21.8 Å². The Bertz CT molecular complexity index is 585. The molecule has 2 heterocycles. The van der Waals surface area contributed by atoms with E-state index in [1.807, 2.05) is 25.6 Å². The van der Waals surface area contributed by atoms with Crippen molar-refractivity contribution in [1.82, 2.24) is 19.8 Å². The number of nitrogens with zero attached hydrogens (tertiary/aromatic N) is 2. The summed E-state index contributed by atoms with van der Waals surface area (Å²) < 4.78 is 27.7. The molecule has 1 aliphatic rings. The maximum absolute atomic E-state index is 13.0. The van der Waals surface area contributed by atoms with E-state index in [1.54, 1.807) is 11.2 Å². The van der Waals surface area contributed by atoms with Gasteiger partial charge in [0.15, 0.2) is 0 Å². The van der Waals surface area contributed by atoms with Gasteiger partial charge < -0.3 is 5.32 Å². The van der Waals surface area contributed by atoms with Crippen LogP contribution in [-0.4, -0.2) is 53.1 Å². The number of aryl methyl sites for hydroxylation is 1. The van der Waals surface area contributed by atoms with Crippen LogP contribution in [0.5, 0.6) is 0 Å². The molecule has 1 fully saturated rings. The van der Waals surface area contributed by atoms with Gasteiger partial charge in [-0.15, -0.1) is 0 Å². The molecule has 1 saturated heterocycles. The number of H-pyrrole nitrogens is 1. The minimum absolute atomic E-state index is 0.00460. The zero-order valence-electron chi connectivity index (χ0n) is 13.0. The predicted octanol–water partition coefficient (Wildman–Crippen LogP) is 1.34. The summed E-state index contributed by atoms with van der Waals surface area (Å²) in [6.45, 7) is 9.61. The second-order valence-electron chi connectivity index (χ2n) is 5.34. The van der Waals surface area contributed by atoms with E-state index in [9.17, 15) is 8.42 Å². The van der Waals surface area contributed by atoms with Gasteiger partial charge in [0.25, 0.3) is 0 Å². The molecule has 120 valence electrons. The Labute approximate surface area is 131 Å². The van der Waals surface area contributed by atoms with E-state index in [2.05, 4.69) is 22.4 Å². The number of aromatic nitrogens is 2. The van der Waals surface area contributed by atoms with Crippen LogP contribution >= 0.6 is 11.8 Å². The van der Waals surface area contributed by atoms with Gasteiger partial charge in [-0.3, -0.25) is 5.10 Å². The molecule has 8 heteroatoms. The van der Waals surface area contributed by atoms with Crippen molar-refractivity contribution in [2.24, 2.45) is 0 Å². The number of hydrogen-bond donors (Lipinski definition) is 2. The van der Waals surface area contributed by atoms with Crippen LogP contribution in [-0.2, 0) is 16.6 Å². The summed E-state index contributed by atoms with van der Waals surface area (Å²) >= 11 is 1.82. The highest BCUT2D eigenvalue weighted by molar-refractivity contribution is 8.00. The molecule has 21 heavy (non-hydrogen) atoms. The van der Waals surface area contributed by atoms with Crippen LogP contribution in [0.2, 0.25) is 0 Å². The fourth-order valence-corrected chi connectivity index (χ4v) is 5.86. The number of rotatable bonds is 5. The molecule has 0 amide bonds. The summed E-state index contributed by atoms with van der Waals surface area (Å²) in [5, 5.41) is 10.4. The number of aromatic amines is 1. The fraction of sp³-hybridized carbons (Fsp3) is 0.769. The highest BCUT2D eigenvalue weighted by Gasteiger charge is 2.37. The summed E-state index contributed by atoms with van der Waals surface area (Å²) in [5.74, 6) is 0.837. The van der Waals surface area contributed by atoms with Crippen molar-refractivity contribution < 1.29 is 8.42 Å². The van der Waals surface area contributed by atoms with Crippen LogP contribution in [0.3, 0.4) is 0 Å². The number of sulfonamides is 1. The summed E-state index contributed by atoms with van der Waals surface area (Å²) in [7, 11) is -3.51. The zero-order chi connectivity index (χ0) is 15.6. The van der Waals surface area contributed by atoms with Gasteiger partial charge in [0.1, 0.15) is 4.90 Å². The SMILES string of the molecule is CCNCc1n[nH]c(C)c1S(=O)(=O)N1CCSC(C)C1C. The molecular weight excluding hydrogens is 308 g/mol. The van der Waals surface area contributed by atoms with Crippen LogP contribution in [0, 0.1) is 6.92 Å². The molecule has 1 aromatic heterocycles. The maximum atomic E-state index is 13.0. The minimum atomic E-state index is -3.51. The van der Waals surface area contributed by atoms with Crippen LogP contribution in [0.1, 0.15) is 32.2 Å². The van der Waals surface area contributed by atoms with Gasteiger partial charge in [0, 0.05) is 30.1 Å². The summed E-state index contributed by atoms with van der Waals surface area (Å²) in [6, 6.07) is -0.00460. The zero-order valence-corrected chi connectivity index (χ0v) is 14.6. The molecule has 6 nitrogen and oxygen atoms in total. The van der Waals surface area contributed by atoms with Gasteiger partial charge in [-0.25, -0.2) is 8.42 Å². The Morgan fingerprint density at radius 3 is 2.86 bits per heavy atom. The minimum Gasteiger partial charge on any atom is -0.311 e. The lowest BCUT2D eigenvalue weighted by Gasteiger charge is -2.36. The smallest absolute Gasteiger partial charge is 0.247 e. The van der Waals surface area contributed by atoms with E-state index in [4.69, 9.17) is 0 Å². The van der Waals surface area contributed by atoms with Crippen LogP contribution < -0.4 is 5.32 Å². The van der Waals surface area contributed by atoms with E-state index < -0.39 is 10.0 Å². The number of nitrogens with one attached hydrogen (secondary N) is 2. The van der Waals surface area contributed by atoms with Crippen molar-refractivity contribution in [3.63, 3.8) is 0 Å². The highest BCUT2D eigenvalue weighted by Crippen LogP contribution is 2.31. The van der Waals surface area contributed by atoms with Crippen molar-refractivity contribution in [3.8, 4) is 0 Å². The lowest BCUT2D eigenvalue weighted by Crippen LogP contribution is -2.48. The van der Waals surface area contributed by atoms with E-state index >= 15 is 0 Å². The third-order valence-corrected chi connectivity index (χ3v) is 7.42. The average molecular weight is 332 g/mol. The molecule has 1 aliphatic heterocycles. The molecule has 0 saturated carbocycles. The Balaban J connectivity index is 2.37. The lowest BCUT2D eigenvalue weighted by molar-refractivity contribution is 0.340. The van der Waals surface area contributed by atoms with Gasteiger partial charge >= 0.3 is 0 Å². The van der Waals surface area contributed by atoms with E-state index in [0.29, 0.717) is 34.6 Å². The van der Waals surface area contributed by atoms with Crippen LogP contribution in [0.15, 0.2) is 4.90 Å². The fourth-order valence-electron chi connectivity index (χ4n) is 2.54. The standard InChI is InChI=1S/C13H24N4O2S2/c1-5-14-8-12-13(9(2)15-16-12)21(18,19)17-6-7-20-11(4)10(17)3/h10-11,14H,5-8H2,1-4H3,(H,15,16). The Morgan fingerprint density at radius 2 is 2.19 bits per heavy atom. The quantitative estimate of drug-likeness (QED) is 0.851. The molecule has 0 spiro atoms. The van der Waals surface area contributed by atoms with E-state index in [0.717, 1.165) is 12.3 Å². The first-order chi connectivity index (χ1) is 9.89. The van der Waals surface area contributed by atoms with E-state index in [-0.39, 0.29) is 6.04 Å². The maximum Gasteiger partial charge on any atom is 0.247 e. The Morgan fingerprint density at radius 1 is 1.48 bits per heavy atom. The summed E-state index contributed by atoms with van der Waals surface area (Å²) in [5.41, 5.74) is 1.19. The molecule has 0 bridgehead atoms. The largest absolute Gasteiger partial charge is 0.311 e. The Kier molecular flexibility index (Phi) is 5.34. The summed E-state index contributed by atoms with van der Waals surface area (Å²) in [6.07, 6.45) is 0. The molecule has 2 atom stereocenters. The molecule has 1 aromatic rings. The van der Waals surface area contributed by atoms with Crippen LogP contribution in [0.4, 0.5) is 0 Å². The first-order valence-electron chi connectivity index (χ1n) is 7.27. The monoisotopic (exact) mass is 332 g/mol. The molecule has 2 unspecified atom stereocenters. The van der Waals surface area contributed by atoms with E-state index in [1.165, 1.54) is 0 Å². The topological polar surface area (TPSA) is 78.1 Å². The van der Waals surface area contributed by atoms with Gasteiger partial charge in [-0.05, 0) is 20.4 Å². The molecular formula is C13H24N4O2S2. The highest BCUT2D eigenvalue weighted by atomic mass is 32.2. The normalized spacial score (nSPS) is 24.4. The number of hydrogen-bond acceptors (Lipinski definition) is 5. The average Bonchev–Trinajstić information content (AvgIpc) is 2.81. The molecule has 0 aromatic carbocycles. The Hall–Kier alpha value is -0.570. The van der Waals surface area contributed by atoms with Gasteiger partial charge in [0.2, 0.25) is 10.0 Å². The molecule has 0 radical (unpaired) electrons. The molecule has 0 aliphatic carbocycles. The van der Waals surface area contributed by atoms with Crippen molar-refractivity contribution in [2.75, 3.05) is 18.8 Å². The van der Waals surface area contributed by atoms with Crippen molar-refractivity contribution in [3.05, 3.63) is 11.4 Å². The number of thioether (sulfide) groups is 1. The summed E-state index contributed by atoms with van der Waals surface area (Å²) in [4.78, 5) is 0.342. The lowest BCUT2D eigenvalue weighted by atomic mass is 10.2. The van der Waals surface area contributed by atoms with Crippen molar-refractivity contribution in [2.45, 2.75) is 50.4 Å². The molecule has 2 N–H and O–H groups in total. The van der Waals surface area contributed by atoms with Gasteiger partial charge in [-0.1, -0.05) is 13.8 Å². The van der Waals surface area contributed by atoms with Gasteiger partial charge in [-0.2, -0.15) is 21.2 Å². The predicted molar refractivity (Wildman–Crippen MR) is 86.0 cm³/mol.